The summed E-state index contributed by atoms with van der Waals surface area (Å²) in [6, 6.07) is 0. The van der Waals surface area contributed by atoms with Gasteiger partial charge in [-0.05, 0) is 33.6 Å². The van der Waals surface area contributed by atoms with Crippen LogP contribution in [0.25, 0.3) is 0 Å². The number of rotatable bonds is 1. The molecule has 0 aliphatic carbocycles. The van der Waals surface area contributed by atoms with Crippen molar-refractivity contribution >= 4 is 11.9 Å². The fourth-order valence-corrected chi connectivity index (χ4v) is 2.24. The summed E-state index contributed by atoms with van der Waals surface area (Å²) < 4.78 is 5.38. The Morgan fingerprint density at radius 1 is 1.30 bits per heavy atom. The summed E-state index contributed by atoms with van der Waals surface area (Å²) >= 11 is 0. The van der Waals surface area contributed by atoms with Gasteiger partial charge in [0, 0.05) is 19.0 Å². The van der Waals surface area contributed by atoms with Gasteiger partial charge < -0.3 is 15.4 Å². The lowest BCUT2D eigenvalue weighted by atomic mass is 9.94. The van der Waals surface area contributed by atoms with E-state index in [0.717, 1.165) is 18.5 Å². The highest BCUT2D eigenvalue weighted by Crippen LogP contribution is 2.27. The summed E-state index contributed by atoms with van der Waals surface area (Å²) in [5.74, 6) is 0.765. The van der Waals surface area contributed by atoms with Crippen LogP contribution < -0.4 is 5.73 Å². The van der Waals surface area contributed by atoms with Crippen molar-refractivity contribution in [2.24, 2.45) is 0 Å². The first-order chi connectivity index (χ1) is 9.35. The molecule has 6 heteroatoms. The monoisotopic (exact) mass is 278 g/mol. The maximum Gasteiger partial charge on any atom is 0.410 e. The summed E-state index contributed by atoms with van der Waals surface area (Å²) in [7, 11) is 0. The molecule has 0 saturated carbocycles. The molecule has 1 aliphatic heterocycles. The molecule has 0 unspecified atom stereocenters. The van der Waals surface area contributed by atoms with Gasteiger partial charge in [-0.3, -0.25) is 4.98 Å². The number of aromatic nitrogens is 2. The van der Waals surface area contributed by atoms with Gasteiger partial charge in [-0.15, -0.1) is 0 Å². The zero-order valence-electron chi connectivity index (χ0n) is 12.3. The number of nitrogens with zero attached hydrogens (tertiary/aromatic N) is 3. The molecule has 0 radical (unpaired) electrons. The van der Waals surface area contributed by atoms with E-state index in [-0.39, 0.29) is 6.09 Å². The number of carbonyl (C=O) groups excluding carboxylic acids is 1. The van der Waals surface area contributed by atoms with Crippen molar-refractivity contribution in [3.63, 3.8) is 0 Å². The molecular formula is C14H22N4O2. The second-order valence-electron chi connectivity index (χ2n) is 6.11. The van der Waals surface area contributed by atoms with E-state index in [1.807, 2.05) is 20.8 Å². The third kappa shape index (κ3) is 3.82. The first-order valence-electron chi connectivity index (χ1n) is 6.90. The van der Waals surface area contributed by atoms with E-state index in [2.05, 4.69) is 9.97 Å². The van der Waals surface area contributed by atoms with Gasteiger partial charge in [-0.25, -0.2) is 9.78 Å². The molecule has 1 amide bonds. The number of anilines is 1. The molecule has 0 atom stereocenters. The second-order valence-corrected chi connectivity index (χ2v) is 6.11. The predicted octanol–water partition coefficient (Wildman–Crippen LogP) is 2.17. The molecule has 1 aromatic heterocycles. The number of nitrogens with two attached hydrogens (primary N) is 1. The highest BCUT2D eigenvalue weighted by molar-refractivity contribution is 5.68. The third-order valence-electron chi connectivity index (χ3n) is 3.26. The molecule has 0 bridgehead atoms. The molecule has 0 spiro atoms. The van der Waals surface area contributed by atoms with Crippen LogP contribution in [0.15, 0.2) is 12.4 Å². The molecular weight excluding hydrogens is 256 g/mol. The Morgan fingerprint density at radius 2 is 1.95 bits per heavy atom. The van der Waals surface area contributed by atoms with E-state index >= 15 is 0 Å². The maximum atomic E-state index is 12.0. The van der Waals surface area contributed by atoms with Crippen LogP contribution in [0.4, 0.5) is 10.6 Å². The van der Waals surface area contributed by atoms with E-state index in [9.17, 15) is 4.79 Å². The van der Waals surface area contributed by atoms with Crippen LogP contribution in [-0.2, 0) is 4.74 Å². The van der Waals surface area contributed by atoms with Gasteiger partial charge in [0.25, 0.3) is 0 Å². The molecule has 2 N–H and O–H groups in total. The van der Waals surface area contributed by atoms with Crippen LogP contribution in [-0.4, -0.2) is 39.7 Å². The number of carbonyl (C=O) groups is 1. The number of nitrogen functional groups attached to an aromatic ring is 1. The number of amides is 1. The summed E-state index contributed by atoms with van der Waals surface area (Å²) in [6.07, 6.45) is 4.81. The number of hydrogen-bond donors (Lipinski definition) is 1. The summed E-state index contributed by atoms with van der Waals surface area (Å²) in [4.78, 5) is 22.1. The highest BCUT2D eigenvalue weighted by Gasteiger charge is 2.27. The minimum atomic E-state index is -0.448. The Bertz CT molecular complexity index is 459. The van der Waals surface area contributed by atoms with Gasteiger partial charge in [0.2, 0.25) is 0 Å². The van der Waals surface area contributed by atoms with Gasteiger partial charge in [0.15, 0.2) is 0 Å². The fraction of sp³-hybridized carbons (Fsp3) is 0.643. The standard InChI is InChI=1S/C14H22N4O2/c1-14(2,3)20-13(19)18-6-4-10(5-7-18)11-8-17-12(15)9-16-11/h8-10H,4-7H2,1-3H3,(H2,15,17). The van der Waals surface area contributed by atoms with Crippen molar-refractivity contribution in [3.05, 3.63) is 18.1 Å². The zero-order chi connectivity index (χ0) is 14.8. The van der Waals surface area contributed by atoms with E-state index in [4.69, 9.17) is 10.5 Å². The van der Waals surface area contributed by atoms with E-state index in [1.165, 1.54) is 0 Å². The van der Waals surface area contributed by atoms with Gasteiger partial charge in [-0.1, -0.05) is 0 Å². The van der Waals surface area contributed by atoms with Gasteiger partial charge >= 0.3 is 6.09 Å². The Kier molecular flexibility index (Phi) is 4.11. The number of ether oxygens (including phenoxy) is 1. The van der Waals surface area contributed by atoms with Gasteiger partial charge in [0.1, 0.15) is 11.4 Å². The van der Waals surface area contributed by atoms with Crippen molar-refractivity contribution in [1.29, 1.82) is 0 Å². The lowest BCUT2D eigenvalue weighted by Crippen LogP contribution is -2.41. The van der Waals surface area contributed by atoms with Crippen molar-refractivity contribution in [1.82, 2.24) is 14.9 Å². The number of piperidine rings is 1. The number of hydrogen-bond acceptors (Lipinski definition) is 5. The Labute approximate surface area is 119 Å². The van der Waals surface area contributed by atoms with Crippen molar-refractivity contribution in [2.45, 2.75) is 45.1 Å². The summed E-state index contributed by atoms with van der Waals surface area (Å²) in [6.45, 7) is 7.00. The molecule has 2 heterocycles. The third-order valence-corrected chi connectivity index (χ3v) is 3.26. The lowest BCUT2D eigenvalue weighted by Gasteiger charge is -2.33. The average Bonchev–Trinajstić information content (AvgIpc) is 2.38. The van der Waals surface area contributed by atoms with Crippen LogP contribution in [0.3, 0.4) is 0 Å². The fourth-order valence-electron chi connectivity index (χ4n) is 2.24. The highest BCUT2D eigenvalue weighted by atomic mass is 16.6. The quantitative estimate of drug-likeness (QED) is 0.851. The minimum absolute atomic E-state index is 0.237. The van der Waals surface area contributed by atoms with Crippen LogP contribution >= 0.6 is 0 Å². The van der Waals surface area contributed by atoms with Crippen LogP contribution in [0.5, 0.6) is 0 Å². The first kappa shape index (κ1) is 14.6. The molecule has 1 fully saturated rings. The SMILES string of the molecule is CC(C)(C)OC(=O)N1CCC(c2cnc(N)cn2)CC1. The largest absolute Gasteiger partial charge is 0.444 e. The smallest absolute Gasteiger partial charge is 0.410 e. The van der Waals surface area contributed by atoms with Crippen molar-refractivity contribution < 1.29 is 9.53 Å². The normalized spacial score (nSPS) is 17.1. The summed E-state index contributed by atoms with van der Waals surface area (Å²) in [5.41, 5.74) is 6.03. The molecule has 1 saturated heterocycles. The maximum absolute atomic E-state index is 12.0. The van der Waals surface area contributed by atoms with E-state index < -0.39 is 5.60 Å². The predicted molar refractivity (Wildman–Crippen MR) is 76.2 cm³/mol. The average molecular weight is 278 g/mol. The van der Waals surface area contributed by atoms with E-state index in [1.54, 1.807) is 17.3 Å². The minimum Gasteiger partial charge on any atom is -0.444 e. The molecule has 2 rings (SSSR count). The zero-order valence-corrected chi connectivity index (χ0v) is 12.3. The summed E-state index contributed by atoms with van der Waals surface area (Å²) in [5, 5.41) is 0. The first-order valence-corrected chi connectivity index (χ1v) is 6.90. The topological polar surface area (TPSA) is 81.3 Å². The lowest BCUT2D eigenvalue weighted by molar-refractivity contribution is 0.0204. The molecule has 0 aromatic carbocycles. The molecule has 6 nitrogen and oxygen atoms in total. The van der Waals surface area contributed by atoms with Crippen LogP contribution in [0, 0.1) is 0 Å². The Balaban J connectivity index is 1.89. The number of likely N-dealkylation sites (tertiary alicyclic amines) is 1. The van der Waals surface area contributed by atoms with Gasteiger partial charge in [-0.2, -0.15) is 0 Å². The molecule has 1 aliphatic rings. The second kappa shape index (κ2) is 5.64. The van der Waals surface area contributed by atoms with Gasteiger partial charge in [0.05, 0.1) is 18.1 Å². The Morgan fingerprint density at radius 3 is 2.45 bits per heavy atom. The van der Waals surface area contributed by atoms with Crippen LogP contribution in [0.1, 0.15) is 45.2 Å². The molecule has 20 heavy (non-hydrogen) atoms. The van der Waals surface area contributed by atoms with Crippen molar-refractivity contribution in [3.8, 4) is 0 Å². The van der Waals surface area contributed by atoms with E-state index in [0.29, 0.717) is 24.8 Å². The molecule has 1 aromatic rings. The molecule has 110 valence electrons. The van der Waals surface area contributed by atoms with Crippen molar-refractivity contribution in [2.75, 3.05) is 18.8 Å². The Hall–Kier alpha value is -1.85. The van der Waals surface area contributed by atoms with Crippen LogP contribution in [0.2, 0.25) is 0 Å².